The summed E-state index contributed by atoms with van der Waals surface area (Å²) in [4.78, 5) is 0. The second-order valence-corrected chi connectivity index (χ2v) is 2.62. The molecule has 14 heavy (non-hydrogen) atoms. The summed E-state index contributed by atoms with van der Waals surface area (Å²) in [6, 6.07) is 6.70. The Balaban J connectivity index is 2.59. The molecule has 0 unspecified atom stereocenters. The first kappa shape index (κ1) is 10.8. The molecule has 0 aliphatic heterocycles. The summed E-state index contributed by atoms with van der Waals surface area (Å²) in [5.41, 5.74) is 0.747. The van der Waals surface area contributed by atoms with E-state index in [1.54, 1.807) is 24.3 Å². The number of hydrogen-bond acceptors (Lipinski definition) is 5. The molecular formula is C8H12BNO4. The van der Waals surface area contributed by atoms with Crippen molar-refractivity contribution in [1.82, 2.24) is 0 Å². The van der Waals surface area contributed by atoms with E-state index in [2.05, 4.69) is 9.97 Å². The van der Waals surface area contributed by atoms with Crippen LogP contribution in [0.4, 0.5) is 5.69 Å². The van der Waals surface area contributed by atoms with Crippen molar-refractivity contribution in [1.29, 1.82) is 0 Å². The Hall–Kier alpha value is -1.24. The quantitative estimate of drug-likeness (QED) is 0.475. The normalized spacial score (nSPS) is 9.64. The van der Waals surface area contributed by atoms with Gasteiger partial charge in [-0.3, -0.25) is 0 Å². The molecule has 5 nitrogen and oxygen atoms in total. The lowest BCUT2D eigenvalue weighted by Gasteiger charge is -2.08. The van der Waals surface area contributed by atoms with Crippen molar-refractivity contribution in [3.63, 3.8) is 0 Å². The third-order valence-corrected chi connectivity index (χ3v) is 1.52. The molecule has 0 heterocycles. The van der Waals surface area contributed by atoms with E-state index >= 15 is 0 Å². The largest absolute Gasteiger partial charge is 0.707 e. The van der Waals surface area contributed by atoms with Crippen molar-refractivity contribution in [2.75, 3.05) is 18.5 Å². The van der Waals surface area contributed by atoms with E-state index in [0.717, 1.165) is 5.69 Å². The molecule has 0 radical (unpaired) electrons. The van der Waals surface area contributed by atoms with E-state index in [1.165, 1.54) is 0 Å². The number of rotatable bonds is 5. The minimum Gasteiger partial charge on any atom is -0.512 e. The van der Waals surface area contributed by atoms with Crippen LogP contribution in [0.25, 0.3) is 0 Å². The molecule has 0 aliphatic rings. The maximum absolute atomic E-state index is 8.57. The van der Waals surface area contributed by atoms with Crippen LogP contribution < -0.4 is 9.97 Å². The lowest BCUT2D eigenvalue weighted by atomic mass is 10.2. The fraction of sp³-hybridized carbons (Fsp3) is 0.250. The molecule has 0 saturated heterocycles. The van der Waals surface area contributed by atoms with E-state index in [9.17, 15) is 0 Å². The molecule has 0 bridgehead atoms. The first-order valence-electron chi connectivity index (χ1n) is 4.20. The Morgan fingerprint density at radius 2 is 2.14 bits per heavy atom. The van der Waals surface area contributed by atoms with E-state index in [0.29, 0.717) is 12.3 Å². The molecule has 1 aromatic carbocycles. The average Bonchev–Trinajstić information content (AvgIpc) is 2.14. The van der Waals surface area contributed by atoms with Crippen LogP contribution >= 0.6 is 0 Å². The molecule has 0 fully saturated rings. The maximum Gasteiger partial charge on any atom is 0.707 e. The van der Waals surface area contributed by atoms with Crippen molar-refractivity contribution in [3.05, 3.63) is 24.3 Å². The van der Waals surface area contributed by atoms with Crippen molar-refractivity contribution >= 4 is 13.0 Å². The third kappa shape index (κ3) is 3.65. The molecule has 6 heteroatoms. The number of hydrogen-bond donors (Lipinski definition) is 4. The van der Waals surface area contributed by atoms with Crippen molar-refractivity contribution in [3.8, 4) is 5.75 Å². The highest BCUT2D eigenvalue weighted by atomic mass is 16.6. The monoisotopic (exact) mass is 197 g/mol. The number of aliphatic hydroxyl groups is 1. The molecule has 4 N–H and O–H groups in total. The summed E-state index contributed by atoms with van der Waals surface area (Å²) < 4.78 is 4.64. The topological polar surface area (TPSA) is 82.0 Å². The van der Waals surface area contributed by atoms with E-state index < -0.39 is 7.32 Å². The number of aliphatic hydroxyl groups excluding tert-OH is 1. The number of nitrogens with one attached hydrogen (secondary N) is 1. The molecule has 1 aromatic rings. The minimum absolute atomic E-state index is 0.0354. The van der Waals surface area contributed by atoms with Gasteiger partial charge < -0.3 is 25.1 Å². The summed E-state index contributed by atoms with van der Waals surface area (Å²) >= 11 is 0. The fourth-order valence-electron chi connectivity index (χ4n) is 1.00. The summed E-state index contributed by atoms with van der Waals surface area (Å²) in [6.07, 6.45) is 0. The van der Waals surface area contributed by atoms with Gasteiger partial charge in [-0.05, 0) is 12.1 Å². The molecular weight excluding hydrogens is 185 g/mol. The van der Waals surface area contributed by atoms with Gasteiger partial charge in [-0.1, -0.05) is 6.07 Å². The third-order valence-electron chi connectivity index (χ3n) is 1.52. The fourth-order valence-corrected chi connectivity index (χ4v) is 1.00. The molecule has 76 valence electrons. The van der Waals surface area contributed by atoms with E-state index in [-0.39, 0.29) is 6.61 Å². The van der Waals surface area contributed by atoms with Crippen LogP contribution in [0.5, 0.6) is 5.75 Å². The van der Waals surface area contributed by atoms with Gasteiger partial charge in [0.15, 0.2) is 0 Å². The predicted octanol–water partition coefficient (Wildman–Crippen LogP) is -0.561. The zero-order chi connectivity index (χ0) is 10.4. The molecule has 0 saturated carbocycles. The van der Waals surface area contributed by atoms with Gasteiger partial charge in [-0.25, -0.2) is 0 Å². The second-order valence-electron chi connectivity index (χ2n) is 2.62. The highest BCUT2D eigenvalue weighted by molar-refractivity contribution is 6.33. The summed E-state index contributed by atoms with van der Waals surface area (Å²) in [5.74, 6) is 0.350. The lowest BCUT2D eigenvalue weighted by molar-refractivity contribution is 0.288. The van der Waals surface area contributed by atoms with Gasteiger partial charge in [0.05, 0.1) is 6.61 Å². The number of benzene rings is 1. The van der Waals surface area contributed by atoms with Crippen LogP contribution in [0, 0.1) is 0 Å². The molecule has 0 aromatic heterocycles. The zero-order valence-corrected chi connectivity index (χ0v) is 7.55. The molecule has 0 aliphatic carbocycles. The Labute approximate surface area is 82.1 Å². The lowest BCUT2D eigenvalue weighted by Crippen LogP contribution is -2.20. The van der Waals surface area contributed by atoms with Gasteiger partial charge in [-0.15, -0.1) is 0 Å². The van der Waals surface area contributed by atoms with Crippen LogP contribution in [0.15, 0.2) is 24.3 Å². The zero-order valence-electron chi connectivity index (χ0n) is 7.55. The summed E-state index contributed by atoms with van der Waals surface area (Å²) in [5, 5.41) is 28.6. The Morgan fingerprint density at radius 3 is 2.79 bits per heavy atom. The van der Waals surface area contributed by atoms with Crippen LogP contribution in [0.2, 0.25) is 0 Å². The van der Waals surface area contributed by atoms with Gasteiger partial charge in [0, 0.05) is 18.3 Å². The highest BCUT2D eigenvalue weighted by Crippen LogP contribution is 2.16. The first-order chi connectivity index (χ1) is 6.72. The predicted molar refractivity (Wildman–Crippen MR) is 52.8 cm³/mol. The Kier molecular flexibility index (Phi) is 4.25. The SMILES string of the molecule is OCCNc1cccc(OB(O)O)c1. The van der Waals surface area contributed by atoms with Crippen LogP contribution in [0.1, 0.15) is 0 Å². The molecule has 1 rings (SSSR count). The number of anilines is 1. The average molecular weight is 197 g/mol. The van der Waals surface area contributed by atoms with Gasteiger partial charge in [0.1, 0.15) is 5.75 Å². The first-order valence-corrected chi connectivity index (χ1v) is 4.20. The summed E-state index contributed by atoms with van der Waals surface area (Å²) in [7, 11) is -1.82. The van der Waals surface area contributed by atoms with Gasteiger partial charge in [-0.2, -0.15) is 0 Å². The smallest absolute Gasteiger partial charge is 0.512 e. The van der Waals surface area contributed by atoms with E-state index in [4.69, 9.17) is 15.2 Å². The molecule has 0 spiro atoms. The van der Waals surface area contributed by atoms with Crippen molar-refractivity contribution < 1.29 is 19.8 Å². The Bertz CT molecular complexity index is 282. The highest BCUT2D eigenvalue weighted by Gasteiger charge is 2.10. The van der Waals surface area contributed by atoms with Crippen LogP contribution in [-0.4, -0.2) is 35.6 Å². The van der Waals surface area contributed by atoms with Gasteiger partial charge in [0.25, 0.3) is 0 Å². The van der Waals surface area contributed by atoms with Gasteiger partial charge in [0.2, 0.25) is 0 Å². The van der Waals surface area contributed by atoms with E-state index in [1.807, 2.05) is 0 Å². The van der Waals surface area contributed by atoms with Crippen molar-refractivity contribution in [2.45, 2.75) is 0 Å². The molecule has 0 amide bonds. The maximum atomic E-state index is 8.57. The van der Waals surface area contributed by atoms with Crippen LogP contribution in [0.3, 0.4) is 0 Å². The Morgan fingerprint density at radius 1 is 1.36 bits per heavy atom. The second kappa shape index (κ2) is 5.49. The van der Waals surface area contributed by atoms with Gasteiger partial charge >= 0.3 is 7.32 Å². The van der Waals surface area contributed by atoms with Crippen LogP contribution in [-0.2, 0) is 0 Å². The minimum atomic E-state index is -1.82. The molecule has 0 atom stereocenters. The summed E-state index contributed by atoms with van der Waals surface area (Å²) in [6.45, 7) is 0.471. The standard InChI is InChI=1S/C8H12BNO4/c11-5-4-10-7-2-1-3-8(6-7)14-9(12)13/h1-3,6,10-13H,4-5H2. The van der Waals surface area contributed by atoms with Crippen molar-refractivity contribution in [2.24, 2.45) is 0 Å².